The fourth-order valence-corrected chi connectivity index (χ4v) is 7.31. The molecule has 0 amide bonds. The molecular formula is C61H81B3Br2F3N13O10W-2. The summed E-state index contributed by atoms with van der Waals surface area (Å²) in [5.41, 5.74) is 11.3. The van der Waals surface area contributed by atoms with Crippen LogP contribution in [0.3, 0.4) is 0 Å². The van der Waals surface area contributed by atoms with E-state index in [0.29, 0.717) is 64.4 Å². The van der Waals surface area contributed by atoms with Gasteiger partial charge in [-0.25, -0.2) is 13.2 Å². The van der Waals surface area contributed by atoms with E-state index in [1.54, 1.807) is 143 Å². The number of aromatic hydroxyl groups is 2. The third kappa shape index (κ3) is 37.0. The van der Waals surface area contributed by atoms with Gasteiger partial charge in [0.2, 0.25) is 0 Å². The molecule has 0 unspecified atom stereocenters. The van der Waals surface area contributed by atoms with Gasteiger partial charge in [0, 0.05) is 96.2 Å². The predicted octanol–water partition coefficient (Wildman–Crippen LogP) is 8.59. The van der Waals surface area contributed by atoms with Gasteiger partial charge in [-0.3, -0.25) is 9.59 Å². The van der Waals surface area contributed by atoms with Crippen LogP contribution in [-0.2, 0) is 68.3 Å². The van der Waals surface area contributed by atoms with Gasteiger partial charge in [-0.1, -0.05) is 35.8 Å². The van der Waals surface area contributed by atoms with Gasteiger partial charge < -0.3 is 52.4 Å². The molecular weight excluding hydrogens is 1510 g/mol. The number of aryl methyl sites for hydroxylation is 4. The third-order valence-corrected chi connectivity index (χ3v) is 12.0. The van der Waals surface area contributed by atoms with E-state index in [1.165, 1.54) is 43.5 Å². The average Bonchev–Trinajstić information content (AvgIpc) is 4.57. The first-order valence-corrected chi connectivity index (χ1v) is 29.1. The van der Waals surface area contributed by atoms with Gasteiger partial charge in [0.05, 0.1) is 43.8 Å². The SMILES string of the molecule is CC(C)(C)OC(=O)CC/C(=C\F)CBr.Cn1ncc(-c2ccc(O)cc2)n1.Cn1ncc(-c2ccc(OC/C(=C/F)CCC(=O)OC(C)(C)C)cc2)n1.Cn1ncc(-c2ccc(OC/C(=C/F)CN)cc2)n1.Cn1ncc(Br)n1.OB(O)c1ccc(O)cc1.[B][BH3-].[CH3-].[W]. The standard InChI is InChI=1S/C19H24FN3O3.C13H15FN4O.C10H16BrFO2.C9H9N3O.C6H7BO3.C3H4BrN3.CH3.B2H3.W/c1-19(2,3)26-18(24)10-5-14(11-20)13-25-16-8-6-15(7-9-16)17-12-21-23(4)22-17;1-18-16-8-13(17-18)11-2-4-12(5-3-11)19-9-10(6-14)7-15;1-10(2,3)14-9(13)5-4-8(6-11)7-12;1-12-10-6-9(11-12)7-2-4-8(13)5-3-7;8-6-3-1-5(2-4-6)7(9)10;1-7-5-2-3(4)6-7;;1-2;/h6-9,11-12H,5,10,13H2,1-4H3;2-6,8H,7,9,15H2,1H3;7H,4-6H2,1-3H3;2-6,13H,1H3;1-4,8-10H;2H,1H3;1H3;1H3;/q;;;;;;2*-1;/b14-11+;10-6+;8-7+;;;;;;. The molecule has 8 rings (SSSR count). The summed E-state index contributed by atoms with van der Waals surface area (Å²) in [5, 5.41) is 67.6. The predicted molar refractivity (Wildman–Crippen MR) is 361 cm³/mol. The van der Waals surface area contributed by atoms with Crippen LogP contribution in [-0.4, -0.2) is 151 Å². The number of hydrogen-bond acceptors (Lipinski definition) is 19. The second-order valence-electron chi connectivity index (χ2n) is 20.8. The molecule has 23 nitrogen and oxygen atoms in total. The molecule has 0 atom stereocenters. The van der Waals surface area contributed by atoms with Crippen LogP contribution >= 0.6 is 31.9 Å². The number of hydrogen-bond donors (Lipinski definition) is 5. The summed E-state index contributed by atoms with van der Waals surface area (Å²) in [6, 6.07) is 27.2. The van der Waals surface area contributed by atoms with E-state index in [2.05, 4.69) is 72.6 Å². The molecule has 0 aliphatic rings. The Hall–Kier alpha value is -7.69. The van der Waals surface area contributed by atoms with Crippen LogP contribution in [0.5, 0.6) is 23.0 Å². The zero-order chi connectivity index (χ0) is 68.1. The second-order valence-corrected chi connectivity index (χ2v) is 22.1. The summed E-state index contributed by atoms with van der Waals surface area (Å²) in [4.78, 5) is 28.9. The van der Waals surface area contributed by atoms with Crippen LogP contribution < -0.4 is 20.7 Å². The molecule has 2 radical (unpaired) electrons. The van der Waals surface area contributed by atoms with Crippen LogP contribution in [0.2, 0.25) is 0 Å². The Labute approximate surface area is 575 Å². The minimum atomic E-state index is -1.46. The van der Waals surface area contributed by atoms with Crippen LogP contribution in [0.4, 0.5) is 13.2 Å². The van der Waals surface area contributed by atoms with E-state index in [1.807, 2.05) is 24.3 Å². The third-order valence-electron chi connectivity index (χ3n) is 10.9. The van der Waals surface area contributed by atoms with E-state index in [0.717, 1.165) is 38.4 Å². The Bertz CT molecular complexity index is 3440. The van der Waals surface area contributed by atoms with Crippen molar-refractivity contribution < 1.29 is 83.0 Å². The van der Waals surface area contributed by atoms with Crippen LogP contribution in [0.15, 0.2) is 162 Å². The van der Waals surface area contributed by atoms with Crippen molar-refractivity contribution in [2.24, 2.45) is 33.9 Å². The van der Waals surface area contributed by atoms with Crippen LogP contribution in [0.1, 0.15) is 67.2 Å². The molecule has 0 aliphatic carbocycles. The summed E-state index contributed by atoms with van der Waals surface area (Å²) < 4.78 is 59.5. The first kappa shape index (κ1) is 85.3. The first-order valence-electron chi connectivity index (χ1n) is 27.2. The number of alkyl halides is 1. The van der Waals surface area contributed by atoms with Gasteiger partial charge in [-0.15, -0.1) is 5.10 Å². The van der Waals surface area contributed by atoms with Crippen molar-refractivity contribution in [3.8, 4) is 56.8 Å². The summed E-state index contributed by atoms with van der Waals surface area (Å²) in [6.07, 6.45) is 9.17. The Kier molecular flexibility index (Phi) is 41.8. The minimum Gasteiger partial charge on any atom is -0.508 e. The Morgan fingerprint density at radius 2 is 0.882 bits per heavy atom. The molecule has 6 N–H and O–H groups in total. The van der Waals surface area contributed by atoms with E-state index in [4.69, 9.17) is 52.7 Å². The number of carbonyl (C=O) groups excluding carboxylic acids is 2. The van der Waals surface area contributed by atoms with Gasteiger partial charge >= 0.3 is 19.1 Å². The number of benzene rings is 4. The maximum atomic E-state index is 13.0. The number of phenols is 2. The number of rotatable bonds is 18. The topological polar surface area (TPSA) is 301 Å². The number of allylic oxidation sites excluding steroid dienone is 1. The zero-order valence-corrected chi connectivity index (χ0v) is 59.2. The largest absolute Gasteiger partial charge is 0.508 e. The molecule has 8 aromatic rings. The first-order chi connectivity index (χ1) is 43.1. The molecule has 0 spiro atoms. The van der Waals surface area contributed by atoms with E-state index in [9.17, 15) is 22.8 Å². The van der Waals surface area contributed by atoms with Gasteiger partial charge in [0.25, 0.3) is 0 Å². The zero-order valence-electron chi connectivity index (χ0n) is 53.1. The summed E-state index contributed by atoms with van der Waals surface area (Å²) in [6.45, 7) is 11.2. The normalized spacial score (nSPS) is 10.9. The Morgan fingerprint density at radius 3 is 1.15 bits per heavy atom. The number of aromatic nitrogens is 12. The van der Waals surface area contributed by atoms with Gasteiger partial charge in [0.1, 0.15) is 69.1 Å². The molecule has 93 heavy (non-hydrogen) atoms. The second kappa shape index (κ2) is 45.6. The summed E-state index contributed by atoms with van der Waals surface area (Å²) >= 11 is 6.26. The number of halogens is 5. The fourth-order valence-electron chi connectivity index (χ4n) is 6.58. The van der Waals surface area contributed by atoms with E-state index < -0.39 is 18.3 Å². The number of nitrogens with two attached hydrogens (primary N) is 1. The monoisotopic (exact) mass is 1590 g/mol. The van der Waals surface area contributed by atoms with Crippen molar-refractivity contribution >= 4 is 71.9 Å². The molecule has 32 heteroatoms. The number of ether oxygens (including phenoxy) is 4. The molecule has 0 fully saturated rings. The molecule has 0 bridgehead atoms. The number of carbonyl (C=O) groups is 2. The van der Waals surface area contributed by atoms with Crippen molar-refractivity contribution in [3.05, 3.63) is 170 Å². The summed E-state index contributed by atoms with van der Waals surface area (Å²) in [5.74, 6) is 0.981. The van der Waals surface area contributed by atoms with Crippen LogP contribution in [0.25, 0.3) is 33.8 Å². The molecule has 0 saturated heterocycles. The Morgan fingerprint density at radius 1 is 0.559 bits per heavy atom. The smallest absolute Gasteiger partial charge is 0.488 e. The van der Waals surface area contributed by atoms with E-state index >= 15 is 0 Å². The molecule has 4 aromatic carbocycles. The number of nitrogens with zero attached hydrogens (tertiary/aromatic N) is 12. The summed E-state index contributed by atoms with van der Waals surface area (Å²) in [7, 11) is 10.6. The van der Waals surface area contributed by atoms with Crippen LogP contribution in [0, 0.1) is 7.43 Å². The molecule has 0 aliphatic heterocycles. The van der Waals surface area contributed by atoms with E-state index in [-0.39, 0.29) is 98.7 Å². The molecule has 0 saturated carbocycles. The maximum absolute atomic E-state index is 13.0. The quantitative estimate of drug-likeness (QED) is 0.0232. The van der Waals surface area contributed by atoms with Crippen molar-refractivity contribution in [1.82, 2.24) is 60.0 Å². The maximum Gasteiger partial charge on any atom is 0.488 e. The van der Waals surface area contributed by atoms with Crippen molar-refractivity contribution in [1.29, 1.82) is 0 Å². The Balaban J connectivity index is 0.00000113. The van der Waals surface area contributed by atoms with Crippen molar-refractivity contribution in [2.75, 3.05) is 25.1 Å². The molecule has 4 aromatic heterocycles. The van der Waals surface area contributed by atoms with Crippen molar-refractivity contribution in [3.63, 3.8) is 0 Å². The minimum absolute atomic E-state index is 0. The number of phenolic OH excluding ortho intramolecular Hbond substituents is 2. The average molecular weight is 1590 g/mol. The van der Waals surface area contributed by atoms with Gasteiger partial charge in [-0.05, 0) is 172 Å². The fraction of sp³-hybridized carbons (Fsp3) is 0.328. The van der Waals surface area contributed by atoms with Crippen molar-refractivity contribution in [2.45, 2.75) is 78.4 Å². The number of esters is 2. The molecule has 4 heterocycles. The molecule has 502 valence electrons. The van der Waals surface area contributed by atoms with Gasteiger partial charge in [0.15, 0.2) is 0 Å². The van der Waals surface area contributed by atoms with Gasteiger partial charge in [-0.2, -0.15) is 62.6 Å².